The smallest absolute Gasteiger partial charge is 0.258 e. The van der Waals surface area contributed by atoms with Gasteiger partial charge in [-0.25, -0.2) is 9.38 Å². The van der Waals surface area contributed by atoms with Gasteiger partial charge in [0.25, 0.3) is 5.91 Å². The number of rotatable bonds is 5. The molecular weight excluding hydrogens is 555 g/mol. The molecule has 1 atom stereocenters. The van der Waals surface area contributed by atoms with E-state index < -0.39 is 17.2 Å². The van der Waals surface area contributed by atoms with Gasteiger partial charge in [0.15, 0.2) is 11.3 Å². The highest BCUT2D eigenvalue weighted by atomic mass is 32.1. The summed E-state index contributed by atoms with van der Waals surface area (Å²) in [6.45, 7) is 8.91. The highest BCUT2D eigenvalue weighted by Crippen LogP contribution is 2.27. The normalized spacial score (nSPS) is 19.1. The molecule has 6 rings (SSSR count). The Labute approximate surface area is 248 Å². The SMILES string of the molecule is CC.CC(=O)N1CCN(C2=C(F)CC=c3c(=O)c(C(=O)NCCC4CCCN4C)c4sc5ccccc5n4c3=N2)CC1. The third-order valence-electron chi connectivity index (χ3n) is 8.28. The quantitative estimate of drug-likeness (QED) is 0.491. The molecular formula is C31H39FN6O3S. The van der Waals surface area contributed by atoms with Gasteiger partial charge in [0, 0.05) is 52.1 Å². The monoisotopic (exact) mass is 594 g/mol. The lowest BCUT2D eigenvalue weighted by Crippen LogP contribution is -2.49. The van der Waals surface area contributed by atoms with Crippen LogP contribution in [0.25, 0.3) is 21.1 Å². The molecule has 3 aromatic rings. The van der Waals surface area contributed by atoms with E-state index in [2.05, 4.69) is 17.3 Å². The van der Waals surface area contributed by atoms with E-state index in [4.69, 9.17) is 4.99 Å². The Balaban J connectivity index is 0.00000173. The van der Waals surface area contributed by atoms with Crippen LogP contribution in [-0.2, 0) is 4.79 Å². The number of likely N-dealkylation sites (tertiary alicyclic amines) is 1. The first-order valence-corrected chi connectivity index (χ1v) is 15.7. The van der Waals surface area contributed by atoms with Gasteiger partial charge in [-0.15, -0.1) is 11.3 Å². The number of allylic oxidation sites excluding steroid dienone is 1. The molecule has 0 radical (unpaired) electrons. The lowest BCUT2D eigenvalue weighted by atomic mass is 10.1. The van der Waals surface area contributed by atoms with Crippen LogP contribution in [0.15, 0.2) is 45.7 Å². The number of fused-ring (bicyclic) bond motifs is 5. The van der Waals surface area contributed by atoms with Crippen molar-refractivity contribution in [3.05, 3.63) is 62.4 Å². The first-order chi connectivity index (χ1) is 20.3. The second-order valence-corrected chi connectivity index (χ2v) is 11.7. The highest BCUT2D eigenvalue weighted by molar-refractivity contribution is 7.24. The summed E-state index contributed by atoms with van der Waals surface area (Å²) < 4.78 is 18.3. The average molecular weight is 595 g/mol. The largest absolute Gasteiger partial charge is 0.352 e. The lowest BCUT2D eigenvalue weighted by molar-refractivity contribution is -0.130. The second kappa shape index (κ2) is 12.7. The Morgan fingerprint density at radius 3 is 2.55 bits per heavy atom. The number of nitrogens with zero attached hydrogens (tertiary/aromatic N) is 5. The van der Waals surface area contributed by atoms with Crippen LogP contribution in [0.2, 0.25) is 0 Å². The number of aromatic nitrogens is 1. The minimum Gasteiger partial charge on any atom is -0.352 e. The first-order valence-electron chi connectivity index (χ1n) is 14.9. The fourth-order valence-electron chi connectivity index (χ4n) is 6.01. The van der Waals surface area contributed by atoms with Crippen molar-refractivity contribution in [3.63, 3.8) is 0 Å². The minimum atomic E-state index is -0.438. The summed E-state index contributed by atoms with van der Waals surface area (Å²) in [5.74, 6) is -0.680. The van der Waals surface area contributed by atoms with Gasteiger partial charge >= 0.3 is 0 Å². The zero-order valence-corrected chi connectivity index (χ0v) is 25.6. The minimum absolute atomic E-state index is 0.00958. The molecule has 0 aliphatic carbocycles. The van der Waals surface area contributed by atoms with Gasteiger partial charge in [-0.1, -0.05) is 32.1 Å². The van der Waals surface area contributed by atoms with Gasteiger partial charge in [-0.2, -0.15) is 0 Å². The maximum absolute atomic E-state index is 15.5. The first kappa shape index (κ1) is 29.9. The molecule has 224 valence electrons. The Hall–Kier alpha value is -3.57. The van der Waals surface area contributed by atoms with Crippen LogP contribution in [0.5, 0.6) is 0 Å². The van der Waals surface area contributed by atoms with Gasteiger partial charge in [0.05, 0.1) is 15.4 Å². The fraction of sp³-hybridized carbons (Fsp3) is 0.484. The third kappa shape index (κ3) is 5.59. The van der Waals surface area contributed by atoms with E-state index in [0.29, 0.717) is 49.1 Å². The average Bonchev–Trinajstić information content (AvgIpc) is 3.53. The summed E-state index contributed by atoms with van der Waals surface area (Å²) in [6, 6.07) is 8.10. The second-order valence-electron chi connectivity index (χ2n) is 10.7. The van der Waals surface area contributed by atoms with Crippen molar-refractivity contribution < 1.29 is 14.0 Å². The fourth-order valence-corrected chi connectivity index (χ4v) is 7.20. The van der Waals surface area contributed by atoms with E-state index in [-0.39, 0.29) is 28.9 Å². The van der Waals surface area contributed by atoms with Gasteiger partial charge in [-0.05, 0) is 45.0 Å². The van der Waals surface area contributed by atoms with E-state index in [0.717, 1.165) is 36.0 Å². The summed E-state index contributed by atoms with van der Waals surface area (Å²) in [5.41, 5.74) is 0.778. The molecule has 0 bridgehead atoms. The van der Waals surface area contributed by atoms with Gasteiger partial charge in [0.1, 0.15) is 16.2 Å². The van der Waals surface area contributed by atoms with Crippen molar-refractivity contribution in [2.45, 2.75) is 52.5 Å². The lowest BCUT2D eigenvalue weighted by Gasteiger charge is -2.35. The molecule has 42 heavy (non-hydrogen) atoms. The molecule has 1 N–H and O–H groups in total. The van der Waals surface area contributed by atoms with Crippen molar-refractivity contribution >= 4 is 44.3 Å². The molecule has 1 aromatic carbocycles. The Kier molecular flexibility index (Phi) is 9.08. The van der Waals surface area contributed by atoms with Crippen LogP contribution < -0.4 is 21.5 Å². The Bertz CT molecular complexity index is 1720. The van der Waals surface area contributed by atoms with Crippen molar-refractivity contribution in [1.82, 2.24) is 24.4 Å². The molecule has 5 heterocycles. The van der Waals surface area contributed by atoms with Gasteiger partial charge in [0.2, 0.25) is 11.3 Å². The van der Waals surface area contributed by atoms with Crippen LogP contribution >= 0.6 is 11.3 Å². The number of para-hydroxylation sites is 1. The standard InChI is InChI=1S/C29H33FN6O3S.C2H6/c1-18(37)34-14-16-35(17-15-34)27-21(30)10-9-20-25(38)24(28(39)31-12-11-19-6-5-13-33(19)2)29-36(26(20)32-27)22-7-3-4-8-23(22)40-29;1-2/h3-4,7-9,19H,5-6,10-17H2,1-2H3,(H,31,39);1-2H3. The molecule has 11 heteroatoms. The summed E-state index contributed by atoms with van der Waals surface area (Å²) in [6.07, 6.45) is 4.54. The van der Waals surface area contributed by atoms with E-state index in [9.17, 15) is 14.4 Å². The maximum Gasteiger partial charge on any atom is 0.258 e. The third-order valence-corrected chi connectivity index (χ3v) is 9.43. The number of carbonyl (C=O) groups excluding carboxylic acids is 2. The predicted octanol–water partition coefficient (Wildman–Crippen LogP) is 2.86. The zero-order chi connectivity index (χ0) is 30.0. The number of piperazine rings is 1. The topological polar surface area (TPSA) is 89.7 Å². The Morgan fingerprint density at radius 2 is 1.86 bits per heavy atom. The predicted molar refractivity (Wildman–Crippen MR) is 165 cm³/mol. The highest BCUT2D eigenvalue weighted by Gasteiger charge is 2.27. The van der Waals surface area contributed by atoms with Crippen LogP contribution in [0.4, 0.5) is 4.39 Å². The number of halogens is 1. The van der Waals surface area contributed by atoms with Crippen molar-refractivity contribution in [3.8, 4) is 0 Å². The molecule has 0 saturated carbocycles. The number of pyridine rings is 1. The number of benzene rings is 1. The summed E-state index contributed by atoms with van der Waals surface area (Å²) in [7, 11) is 2.10. The number of hydrogen-bond acceptors (Lipinski definition) is 7. The molecule has 2 amide bonds. The number of thiazole rings is 1. The molecule has 3 aliphatic heterocycles. The number of nitrogens with one attached hydrogen (secondary N) is 1. The van der Waals surface area contributed by atoms with Crippen molar-refractivity contribution in [1.29, 1.82) is 0 Å². The number of hydrogen-bond donors (Lipinski definition) is 1. The molecule has 0 spiro atoms. The van der Waals surface area contributed by atoms with Gasteiger partial charge < -0.3 is 20.0 Å². The van der Waals surface area contributed by atoms with Gasteiger partial charge in [-0.3, -0.25) is 18.8 Å². The van der Waals surface area contributed by atoms with E-state index in [1.165, 1.54) is 18.3 Å². The number of amides is 2. The molecule has 3 aliphatic rings. The van der Waals surface area contributed by atoms with Crippen molar-refractivity contribution in [2.75, 3.05) is 46.3 Å². The number of carbonyl (C=O) groups is 2. The molecule has 2 fully saturated rings. The molecule has 2 saturated heterocycles. The van der Waals surface area contributed by atoms with Crippen LogP contribution in [-0.4, -0.2) is 83.3 Å². The molecule has 9 nitrogen and oxygen atoms in total. The van der Waals surface area contributed by atoms with Crippen molar-refractivity contribution in [2.24, 2.45) is 4.99 Å². The van der Waals surface area contributed by atoms with Crippen LogP contribution in [0.1, 0.15) is 56.8 Å². The van der Waals surface area contributed by atoms with E-state index in [1.807, 2.05) is 47.4 Å². The van der Waals surface area contributed by atoms with Crippen LogP contribution in [0, 0.1) is 0 Å². The summed E-state index contributed by atoms with van der Waals surface area (Å²) in [5, 5.41) is 3.22. The van der Waals surface area contributed by atoms with E-state index in [1.54, 1.807) is 11.0 Å². The van der Waals surface area contributed by atoms with E-state index >= 15 is 4.39 Å². The molecule has 1 unspecified atom stereocenters. The Morgan fingerprint density at radius 1 is 1.12 bits per heavy atom. The maximum atomic E-state index is 15.5. The summed E-state index contributed by atoms with van der Waals surface area (Å²) >= 11 is 1.36. The van der Waals surface area contributed by atoms with Crippen LogP contribution in [0.3, 0.4) is 0 Å². The molecule has 2 aromatic heterocycles. The zero-order valence-electron chi connectivity index (χ0n) is 24.8. The summed E-state index contributed by atoms with van der Waals surface area (Å²) in [4.78, 5) is 50.4.